The second-order valence-corrected chi connectivity index (χ2v) is 2.02. The number of hydrogen-bond donors (Lipinski definition) is 0. The molecule has 0 aliphatic heterocycles. The second kappa shape index (κ2) is 13.3. The maximum absolute atomic E-state index is 3.85. The van der Waals surface area contributed by atoms with E-state index < -0.39 is 0 Å². The molecule has 0 atom stereocenters. The average molecular weight is 334 g/mol. The van der Waals surface area contributed by atoms with E-state index >= 15 is 0 Å². The van der Waals surface area contributed by atoms with Gasteiger partial charge >= 0.3 is 24.3 Å². The molecule has 0 amide bonds. The Bertz CT molecular complexity index is 163. The zero-order chi connectivity index (χ0) is 9.82. The van der Waals surface area contributed by atoms with Gasteiger partial charge in [-0.1, -0.05) is 6.92 Å². The molecule has 1 aromatic heterocycles. The first-order chi connectivity index (χ1) is 5.81. The van der Waals surface area contributed by atoms with E-state index in [0.29, 0.717) is 0 Å². The van der Waals surface area contributed by atoms with E-state index in [2.05, 4.69) is 16.8 Å². The molecule has 0 saturated carbocycles. The van der Waals surface area contributed by atoms with E-state index in [1.807, 2.05) is 26.0 Å². The Balaban J connectivity index is 0. The van der Waals surface area contributed by atoms with Crippen LogP contribution >= 0.6 is 0 Å². The van der Waals surface area contributed by atoms with Crippen LogP contribution in [0.4, 0.5) is 0 Å². The van der Waals surface area contributed by atoms with Crippen molar-refractivity contribution in [1.82, 2.24) is 4.98 Å². The van der Waals surface area contributed by atoms with Gasteiger partial charge in [-0.25, -0.2) is 0 Å². The van der Waals surface area contributed by atoms with Crippen LogP contribution in [0, 0.1) is 13.8 Å². The van der Waals surface area contributed by atoms with Gasteiger partial charge in [-0.3, -0.25) is 4.98 Å². The Morgan fingerprint density at radius 2 is 1.75 bits per heavy atom. The average Bonchev–Trinajstić information content (AvgIpc) is 2.11. The number of aromatic nitrogens is 1. The molecule has 0 saturated heterocycles. The van der Waals surface area contributed by atoms with E-state index in [1.54, 1.807) is 12.4 Å². The predicted molar refractivity (Wildman–Crippen MR) is 51.7 cm³/mol. The molecule has 1 nitrogen and oxygen atoms in total. The molecule has 0 bridgehead atoms. The molecule has 1 aromatic rings. The van der Waals surface area contributed by atoms with Crippen LogP contribution in [0.2, 0.25) is 0 Å². The molecule has 1 heterocycles. The van der Waals surface area contributed by atoms with Crippen molar-refractivity contribution in [2.45, 2.75) is 20.3 Å². The van der Waals surface area contributed by atoms with Crippen LogP contribution in [0.15, 0.2) is 24.5 Å². The molecule has 0 fully saturated rings. The fourth-order valence-corrected chi connectivity index (χ4v) is 0.426. The van der Waals surface area contributed by atoms with E-state index in [4.69, 9.17) is 0 Å². The van der Waals surface area contributed by atoms with Gasteiger partial charge in [0, 0.05) is 12.4 Å². The summed E-state index contributed by atoms with van der Waals surface area (Å²) in [6.45, 7) is 7.54. The molecule has 0 radical (unpaired) electrons. The third kappa shape index (κ3) is 12.4. The zero-order valence-corrected chi connectivity index (χ0v) is 10.7. The Hall–Kier alpha value is -0.292. The first-order valence-corrected chi connectivity index (χ1v) is 5.83. The first-order valence-electron chi connectivity index (χ1n) is 3.76. The van der Waals surface area contributed by atoms with Gasteiger partial charge in [-0.05, 0) is 24.6 Å². The fraction of sp³-hybridized carbons (Fsp3) is 0.300. The molecule has 0 aromatic carbocycles. The van der Waals surface area contributed by atoms with Crippen LogP contribution in [0.25, 0.3) is 0 Å². The van der Waals surface area contributed by atoms with Gasteiger partial charge in [-0.2, -0.15) is 6.42 Å². The Morgan fingerprint density at radius 1 is 1.42 bits per heavy atom. The van der Waals surface area contributed by atoms with E-state index in [1.165, 1.54) is 24.9 Å². The Labute approximate surface area is 86.6 Å². The number of rotatable bonds is 0. The molecule has 0 N–H and O–H groups in total. The topological polar surface area (TPSA) is 12.9 Å². The second-order valence-electron chi connectivity index (χ2n) is 2.02. The van der Waals surface area contributed by atoms with E-state index in [9.17, 15) is 0 Å². The van der Waals surface area contributed by atoms with Crippen molar-refractivity contribution in [1.29, 1.82) is 0 Å². The predicted octanol–water partition coefficient (Wildman–Crippen LogP) is 2.59. The van der Waals surface area contributed by atoms with E-state index in [-0.39, 0.29) is 0 Å². The molecule has 0 aliphatic rings. The van der Waals surface area contributed by atoms with Crippen LogP contribution in [0.5, 0.6) is 0 Å². The fourth-order valence-electron chi connectivity index (χ4n) is 0.426. The minimum atomic E-state index is 1.00. The first kappa shape index (κ1) is 14.2. The van der Waals surface area contributed by atoms with Crippen LogP contribution in [-0.4, -0.2) is 9.89 Å². The van der Waals surface area contributed by atoms with Crippen molar-refractivity contribution in [2.75, 3.05) is 0 Å². The van der Waals surface area contributed by atoms with Crippen molar-refractivity contribution >= 4 is 4.90 Å². The van der Waals surface area contributed by atoms with Crippen molar-refractivity contribution in [3.05, 3.63) is 37.0 Å². The number of hydrogen-bond acceptors (Lipinski definition) is 1. The molecule has 12 heavy (non-hydrogen) atoms. The van der Waals surface area contributed by atoms with Crippen molar-refractivity contribution < 1.29 is 19.4 Å². The van der Waals surface area contributed by atoms with E-state index in [0.717, 1.165) is 6.42 Å². The summed E-state index contributed by atoms with van der Waals surface area (Å²) in [5, 5.41) is 0. The number of aryl methyl sites for hydroxylation is 1. The summed E-state index contributed by atoms with van der Waals surface area (Å²) in [4.78, 5) is 7.18. The molecule has 0 unspecified atom stereocenters. The minimum absolute atomic E-state index is 1.00. The van der Waals surface area contributed by atoms with Crippen molar-refractivity contribution in [2.24, 2.45) is 0 Å². The standard InChI is InChI=1S/C6H7N.C3H7.CH2.W/c1-6-2-4-7-5-3-6;1-3-2;;/h2-5H,1H3;1,3H2,2H3;1H2;/q;-1;;. The van der Waals surface area contributed by atoms with Crippen molar-refractivity contribution in [3.8, 4) is 0 Å². The van der Waals surface area contributed by atoms with Crippen molar-refractivity contribution in [3.63, 3.8) is 0 Å². The molecular weight excluding hydrogens is 318 g/mol. The third-order valence-corrected chi connectivity index (χ3v) is 0.847. The van der Waals surface area contributed by atoms with Gasteiger partial charge in [0.05, 0.1) is 0 Å². The summed E-state index contributed by atoms with van der Waals surface area (Å²) in [6, 6.07) is 3.94. The summed E-state index contributed by atoms with van der Waals surface area (Å²) in [6.07, 6.45) is 4.57. The molecule has 1 rings (SSSR count). The summed E-state index contributed by atoms with van der Waals surface area (Å²) in [7, 11) is 0. The normalized spacial score (nSPS) is 6.92. The van der Waals surface area contributed by atoms with Crippen LogP contribution in [-0.2, 0) is 19.4 Å². The maximum atomic E-state index is 3.85. The molecule has 0 aliphatic carbocycles. The third-order valence-electron chi connectivity index (χ3n) is 0.847. The van der Waals surface area contributed by atoms with Gasteiger partial charge in [0.15, 0.2) is 0 Å². The van der Waals surface area contributed by atoms with Gasteiger partial charge < -0.3 is 6.92 Å². The van der Waals surface area contributed by atoms with Gasteiger partial charge in [0.2, 0.25) is 0 Å². The SMILES string of the molecule is Cc1ccncc1.[CH2-]CC.[CH2]=[W]. The molecular formula is C10H16NW-. The summed E-state index contributed by atoms with van der Waals surface area (Å²) < 4.78 is 0. The summed E-state index contributed by atoms with van der Waals surface area (Å²) in [5.41, 5.74) is 1.26. The quantitative estimate of drug-likeness (QED) is 0.665. The van der Waals surface area contributed by atoms with Crippen LogP contribution in [0.3, 0.4) is 0 Å². The van der Waals surface area contributed by atoms with Gasteiger partial charge in [0.25, 0.3) is 0 Å². The van der Waals surface area contributed by atoms with Gasteiger partial charge in [-0.15, -0.1) is 0 Å². The molecule has 0 spiro atoms. The number of pyridine rings is 1. The number of nitrogens with zero attached hydrogens (tertiary/aromatic N) is 1. The summed E-state index contributed by atoms with van der Waals surface area (Å²) >= 11 is 1.33. The van der Waals surface area contributed by atoms with Gasteiger partial charge in [0.1, 0.15) is 0 Å². The summed E-state index contributed by atoms with van der Waals surface area (Å²) in [5.74, 6) is 0. The zero-order valence-electron chi connectivity index (χ0n) is 7.79. The molecule has 2 heteroatoms. The monoisotopic (exact) mass is 334 g/mol. The Kier molecular flexibility index (Phi) is 15.8. The molecule has 68 valence electrons. The van der Waals surface area contributed by atoms with Crippen LogP contribution < -0.4 is 0 Å². The Morgan fingerprint density at radius 3 is 1.92 bits per heavy atom. The van der Waals surface area contributed by atoms with Crippen LogP contribution in [0.1, 0.15) is 18.9 Å².